The Morgan fingerprint density at radius 3 is 2.69 bits per heavy atom. The lowest BCUT2D eigenvalue weighted by Crippen LogP contribution is -2.11. The van der Waals surface area contributed by atoms with Gasteiger partial charge in [0.05, 0.1) is 6.26 Å². The third-order valence-electron chi connectivity index (χ3n) is 1.06. The number of hydrogen-bond acceptors (Lipinski definition) is 5. The fraction of sp³-hybridized carbons (Fsp3) is 0.200. The van der Waals surface area contributed by atoms with Gasteiger partial charge in [-0.05, 0) is 0 Å². The lowest BCUT2D eigenvalue weighted by molar-refractivity contribution is 0.0995. The average molecular weight is 205 g/mol. The van der Waals surface area contributed by atoms with Crippen molar-refractivity contribution in [2.24, 2.45) is 5.73 Å². The minimum Gasteiger partial charge on any atom is -0.364 e. The number of H-pyrrole nitrogens is 1. The Balaban J connectivity index is 2.87. The number of aromatic nitrogens is 2. The van der Waals surface area contributed by atoms with Gasteiger partial charge < -0.3 is 9.92 Å². The molecule has 0 aliphatic rings. The van der Waals surface area contributed by atoms with Crippen molar-refractivity contribution in [3.05, 3.63) is 11.8 Å². The molecule has 0 bridgehead atoms. The van der Waals surface area contributed by atoms with Crippen molar-refractivity contribution in [1.82, 2.24) is 10.2 Å². The van der Waals surface area contributed by atoms with Gasteiger partial charge in [-0.3, -0.25) is 9.89 Å². The predicted molar refractivity (Wildman–Crippen MR) is 42.6 cm³/mol. The summed E-state index contributed by atoms with van der Waals surface area (Å²) < 4.78 is 25.5. The first kappa shape index (κ1) is 9.52. The molecule has 7 nitrogen and oxygen atoms in total. The molecule has 0 radical (unpaired) electrons. The predicted octanol–water partition coefficient (Wildman–Crippen LogP) is -1.15. The van der Waals surface area contributed by atoms with Crippen molar-refractivity contribution in [2.75, 3.05) is 6.26 Å². The summed E-state index contributed by atoms with van der Waals surface area (Å²) in [5, 5.41) is 5.61. The van der Waals surface area contributed by atoms with Gasteiger partial charge in [-0.25, -0.2) is 0 Å². The molecule has 0 unspecified atom stereocenters. The summed E-state index contributed by atoms with van der Waals surface area (Å²) in [5.74, 6) is -0.952. The number of nitrogens with one attached hydrogen (secondary N) is 1. The van der Waals surface area contributed by atoms with Crippen molar-refractivity contribution in [2.45, 2.75) is 0 Å². The Morgan fingerprint density at radius 2 is 2.31 bits per heavy atom. The quantitative estimate of drug-likeness (QED) is 0.604. The lowest BCUT2D eigenvalue weighted by Gasteiger charge is -1.94. The molecule has 0 aromatic carbocycles. The van der Waals surface area contributed by atoms with Crippen LogP contribution in [-0.2, 0) is 10.1 Å². The second kappa shape index (κ2) is 3.05. The Kier molecular flexibility index (Phi) is 2.24. The fourth-order valence-electron chi connectivity index (χ4n) is 0.627. The molecule has 0 saturated carbocycles. The van der Waals surface area contributed by atoms with E-state index in [-0.39, 0.29) is 11.6 Å². The number of aromatic amines is 1. The number of nitrogens with zero attached hydrogens (tertiary/aromatic N) is 1. The third kappa shape index (κ3) is 2.75. The van der Waals surface area contributed by atoms with E-state index < -0.39 is 16.0 Å². The van der Waals surface area contributed by atoms with Gasteiger partial charge in [-0.1, -0.05) is 0 Å². The first-order valence-electron chi connectivity index (χ1n) is 3.13. The summed E-state index contributed by atoms with van der Waals surface area (Å²) in [6.07, 6.45) is 0.867. The van der Waals surface area contributed by atoms with E-state index in [9.17, 15) is 13.2 Å². The second-order valence-corrected chi connectivity index (χ2v) is 3.85. The standard InChI is InChI=1S/C5H7N3O4S/c1-13(10,11)12-4-2-3(5(6)9)7-8-4/h2H,1H3,(H2,6,9)(H,7,8). The van der Waals surface area contributed by atoms with Gasteiger partial charge >= 0.3 is 10.1 Å². The minimum absolute atomic E-state index is 0.0151. The zero-order chi connectivity index (χ0) is 10.1. The Morgan fingerprint density at radius 1 is 1.69 bits per heavy atom. The maximum absolute atomic E-state index is 10.6. The third-order valence-corrected chi connectivity index (χ3v) is 1.53. The number of amides is 1. The highest BCUT2D eigenvalue weighted by Gasteiger charge is 2.10. The first-order chi connectivity index (χ1) is 5.88. The summed E-state index contributed by atoms with van der Waals surface area (Å²) in [5.41, 5.74) is 4.86. The molecule has 1 rings (SSSR count). The van der Waals surface area contributed by atoms with E-state index in [1.807, 2.05) is 0 Å². The summed E-state index contributed by atoms with van der Waals surface area (Å²) in [4.78, 5) is 10.5. The molecule has 8 heteroatoms. The number of carbonyl (C=O) groups excluding carboxylic acids is 1. The molecular formula is C5H7N3O4S. The van der Waals surface area contributed by atoms with Crippen molar-refractivity contribution < 1.29 is 17.4 Å². The van der Waals surface area contributed by atoms with E-state index in [4.69, 9.17) is 5.73 Å². The average Bonchev–Trinajstić information content (AvgIpc) is 2.31. The van der Waals surface area contributed by atoms with E-state index in [0.717, 1.165) is 12.3 Å². The van der Waals surface area contributed by atoms with Crippen LogP contribution < -0.4 is 9.92 Å². The van der Waals surface area contributed by atoms with Crippen LogP contribution >= 0.6 is 0 Å². The Hall–Kier alpha value is -1.57. The SMILES string of the molecule is CS(=O)(=O)Oc1cc(C(N)=O)[nH]n1. The lowest BCUT2D eigenvalue weighted by atomic mass is 10.4. The van der Waals surface area contributed by atoms with Crippen LogP contribution in [0, 0.1) is 0 Å². The molecule has 1 heterocycles. The highest BCUT2D eigenvalue weighted by atomic mass is 32.2. The molecule has 1 aromatic rings. The largest absolute Gasteiger partial charge is 0.364 e. The summed E-state index contributed by atoms with van der Waals surface area (Å²) in [7, 11) is -3.62. The number of nitrogens with two attached hydrogens (primary N) is 1. The summed E-state index contributed by atoms with van der Waals surface area (Å²) >= 11 is 0. The fourth-order valence-corrected chi connectivity index (χ4v) is 1.02. The molecule has 3 N–H and O–H groups in total. The maximum atomic E-state index is 10.6. The maximum Gasteiger partial charge on any atom is 0.307 e. The Bertz CT molecular complexity index is 421. The Labute approximate surface area is 74.0 Å². The molecule has 13 heavy (non-hydrogen) atoms. The number of primary amides is 1. The normalized spacial score (nSPS) is 11.2. The van der Waals surface area contributed by atoms with E-state index >= 15 is 0 Å². The highest BCUT2D eigenvalue weighted by Crippen LogP contribution is 2.09. The van der Waals surface area contributed by atoms with E-state index in [1.54, 1.807) is 0 Å². The van der Waals surface area contributed by atoms with Gasteiger partial charge in [-0.2, -0.15) is 8.42 Å². The minimum atomic E-state index is -3.62. The highest BCUT2D eigenvalue weighted by molar-refractivity contribution is 7.86. The number of rotatable bonds is 3. The number of hydrogen-bond donors (Lipinski definition) is 2. The zero-order valence-corrected chi connectivity index (χ0v) is 7.46. The molecule has 0 fully saturated rings. The second-order valence-electron chi connectivity index (χ2n) is 2.27. The van der Waals surface area contributed by atoms with Gasteiger partial charge in [0.2, 0.25) is 0 Å². The smallest absolute Gasteiger partial charge is 0.307 e. The van der Waals surface area contributed by atoms with Gasteiger partial charge in [-0.15, -0.1) is 5.10 Å². The van der Waals surface area contributed by atoms with Gasteiger partial charge in [0.1, 0.15) is 5.69 Å². The van der Waals surface area contributed by atoms with Crippen LogP contribution in [0.1, 0.15) is 10.5 Å². The van der Waals surface area contributed by atoms with Crippen LogP contribution in [0.5, 0.6) is 5.88 Å². The topological polar surface area (TPSA) is 115 Å². The van der Waals surface area contributed by atoms with Crippen molar-refractivity contribution in [3.63, 3.8) is 0 Å². The van der Waals surface area contributed by atoms with Crippen molar-refractivity contribution in [3.8, 4) is 5.88 Å². The van der Waals surface area contributed by atoms with Crippen LogP contribution in [-0.4, -0.2) is 30.8 Å². The molecule has 0 saturated heterocycles. The summed E-state index contributed by atoms with van der Waals surface area (Å²) in [6, 6.07) is 1.10. The van der Waals surface area contributed by atoms with E-state index in [2.05, 4.69) is 14.4 Å². The molecule has 0 atom stereocenters. The monoisotopic (exact) mass is 205 g/mol. The van der Waals surface area contributed by atoms with Gasteiger partial charge in [0.15, 0.2) is 0 Å². The van der Waals surface area contributed by atoms with E-state index in [0.29, 0.717) is 0 Å². The molecule has 1 aromatic heterocycles. The molecule has 0 spiro atoms. The van der Waals surface area contributed by atoms with Crippen molar-refractivity contribution >= 4 is 16.0 Å². The van der Waals surface area contributed by atoms with Gasteiger partial charge in [0.25, 0.3) is 11.8 Å². The molecule has 1 amide bonds. The molecule has 0 aliphatic heterocycles. The molecule has 0 aliphatic carbocycles. The van der Waals surface area contributed by atoms with E-state index in [1.165, 1.54) is 0 Å². The molecule has 72 valence electrons. The summed E-state index contributed by atoms with van der Waals surface area (Å²) in [6.45, 7) is 0. The first-order valence-corrected chi connectivity index (χ1v) is 4.95. The molecular weight excluding hydrogens is 198 g/mol. The number of carbonyl (C=O) groups is 1. The van der Waals surface area contributed by atoms with Gasteiger partial charge in [0, 0.05) is 6.07 Å². The van der Waals surface area contributed by atoms with Crippen LogP contribution in [0.4, 0.5) is 0 Å². The van der Waals surface area contributed by atoms with Crippen LogP contribution in [0.2, 0.25) is 0 Å². The zero-order valence-electron chi connectivity index (χ0n) is 6.64. The van der Waals surface area contributed by atoms with Crippen LogP contribution in [0.25, 0.3) is 0 Å². The van der Waals surface area contributed by atoms with Crippen LogP contribution in [0.3, 0.4) is 0 Å². The van der Waals surface area contributed by atoms with Crippen molar-refractivity contribution in [1.29, 1.82) is 0 Å². The van der Waals surface area contributed by atoms with Crippen LogP contribution in [0.15, 0.2) is 6.07 Å².